The Kier molecular flexibility index (Phi) is 5.82. The number of nitrogens with zero attached hydrogens (tertiary/aromatic N) is 2. The Hall–Kier alpha value is -1.11. The molecule has 0 bridgehead atoms. The van der Waals surface area contributed by atoms with Crippen LogP contribution in [-0.2, 0) is 4.74 Å². The maximum atomic E-state index is 6.00. The first-order chi connectivity index (χ1) is 9.69. The number of anilines is 1. The smallest absolute Gasteiger partial charge is 0.318 e. The summed E-state index contributed by atoms with van der Waals surface area (Å²) >= 11 is 6.00. The number of aromatic nitrogens is 2. The van der Waals surface area contributed by atoms with Crippen LogP contribution in [0.5, 0.6) is 6.01 Å². The lowest BCUT2D eigenvalue weighted by Gasteiger charge is -2.26. The summed E-state index contributed by atoms with van der Waals surface area (Å²) in [6, 6.07) is 0.638. The van der Waals surface area contributed by atoms with Gasteiger partial charge in [-0.3, -0.25) is 0 Å². The van der Waals surface area contributed by atoms with Crippen molar-refractivity contribution in [3.63, 3.8) is 0 Å². The van der Waals surface area contributed by atoms with Crippen molar-refractivity contribution in [2.24, 2.45) is 5.73 Å². The van der Waals surface area contributed by atoms with Crippen LogP contribution in [0, 0.1) is 0 Å². The summed E-state index contributed by atoms with van der Waals surface area (Å²) in [7, 11) is 1.52. The first kappa shape index (κ1) is 15.3. The third-order valence-corrected chi connectivity index (χ3v) is 3.65. The lowest BCUT2D eigenvalue weighted by atomic mass is 9.94. The molecule has 0 radical (unpaired) electrons. The van der Waals surface area contributed by atoms with Gasteiger partial charge in [0.1, 0.15) is 5.02 Å². The zero-order valence-electron chi connectivity index (χ0n) is 11.6. The molecule has 6 nitrogen and oxygen atoms in total. The molecular weight excluding hydrogens is 280 g/mol. The molecule has 0 aliphatic heterocycles. The van der Waals surface area contributed by atoms with Gasteiger partial charge in [0.15, 0.2) is 5.82 Å². The van der Waals surface area contributed by atoms with E-state index < -0.39 is 0 Å². The summed E-state index contributed by atoms with van der Waals surface area (Å²) in [5.74, 6) is 0.563. The number of hydrogen-bond acceptors (Lipinski definition) is 6. The number of nitrogens with one attached hydrogen (secondary N) is 1. The number of nitrogens with two attached hydrogens (primary N) is 1. The van der Waals surface area contributed by atoms with E-state index in [0.717, 1.165) is 25.7 Å². The molecule has 0 aromatic carbocycles. The first-order valence-electron chi connectivity index (χ1n) is 6.86. The third kappa shape index (κ3) is 4.47. The monoisotopic (exact) mass is 300 g/mol. The van der Waals surface area contributed by atoms with E-state index in [0.29, 0.717) is 42.1 Å². The van der Waals surface area contributed by atoms with Crippen molar-refractivity contribution in [1.82, 2.24) is 9.97 Å². The molecule has 1 saturated carbocycles. The van der Waals surface area contributed by atoms with Gasteiger partial charge in [-0.1, -0.05) is 11.6 Å². The summed E-state index contributed by atoms with van der Waals surface area (Å²) in [4.78, 5) is 8.05. The van der Waals surface area contributed by atoms with Crippen molar-refractivity contribution in [2.45, 2.75) is 37.8 Å². The van der Waals surface area contributed by atoms with E-state index in [9.17, 15) is 0 Å². The second-order valence-electron chi connectivity index (χ2n) is 4.89. The normalized spacial score (nSPS) is 22.6. The third-order valence-electron chi connectivity index (χ3n) is 3.37. The summed E-state index contributed by atoms with van der Waals surface area (Å²) in [6.45, 7) is 1.25. The number of ether oxygens (including phenoxy) is 2. The lowest BCUT2D eigenvalue weighted by molar-refractivity contribution is 0.0313. The Bertz CT molecular complexity index is 425. The minimum absolute atomic E-state index is 0.291. The second-order valence-corrected chi connectivity index (χ2v) is 5.29. The predicted octanol–water partition coefficient (Wildman–Crippen LogP) is 1.84. The number of rotatable bonds is 6. The Labute approximate surface area is 124 Å². The highest BCUT2D eigenvalue weighted by Crippen LogP contribution is 2.21. The van der Waals surface area contributed by atoms with E-state index in [2.05, 4.69) is 15.3 Å². The summed E-state index contributed by atoms with van der Waals surface area (Å²) in [6.07, 6.45) is 6.03. The Balaban J connectivity index is 1.70. The van der Waals surface area contributed by atoms with Crippen LogP contribution in [0.2, 0.25) is 5.02 Å². The van der Waals surface area contributed by atoms with Gasteiger partial charge in [0, 0.05) is 12.6 Å². The topological polar surface area (TPSA) is 82.3 Å². The Morgan fingerprint density at radius 1 is 1.40 bits per heavy atom. The molecule has 3 N–H and O–H groups in total. The molecule has 7 heteroatoms. The van der Waals surface area contributed by atoms with E-state index in [-0.39, 0.29) is 0 Å². The molecular formula is C13H21ClN4O2. The fourth-order valence-corrected chi connectivity index (χ4v) is 2.38. The molecule has 0 spiro atoms. The van der Waals surface area contributed by atoms with Crippen LogP contribution >= 0.6 is 11.6 Å². The van der Waals surface area contributed by atoms with Crippen molar-refractivity contribution in [3.8, 4) is 6.01 Å². The zero-order chi connectivity index (χ0) is 14.4. The molecule has 1 heterocycles. The molecule has 0 unspecified atom stereocenters. The molecule has 1 fully saturated rings. The number of methoxy groups -OCH3 is 1. The van der Waals surface area contributed by atoms with Crippen molar-refractivity contribution in [3.05, 3.63) is 11.2 Å². The van der Waals surface area contributed by atoms with Crippen molar-refractivity contribution in [1.29, 1.82) is 0 Å². The van der Waals surface area contributed by atoms with E-state index in [1.807, 2.05) is 0 Å². The summed E-state index contributed by atoms with van der Waals surface area (Å²) in [5.41, 5.74) is 5.86. The van der Waals surface area contributed by atoms with Gasteiger partial charge in [0.05, 0.1) is 26.0 Å². The average Bonchev–Trinajstić information content (AvgIpc) is 2.47. The van der Waals surface area contributed by atoms with E-state index in [1.165, 1.54) is 13.3 Å². The van der Waals surface area contributed by atoms with Gasteiger partial charge in [0.25, 0.3) is 0 Å². The maximum absolute atomic E-state index is 6.00. The van der Waals surface area contributed by atoms with Crippen LogP contribution in [0.1, 0.15) is 25.7 Å². The molecule has 0 amide bonds. The van der Waals surface area contributed by atoms with E-state index in [4.69, 9.17) is 26.8 Å². The quantitative estimate of drug-likeness (QED) is 0.780. The van der Waals surface area contributed by atoms with Gasteiger partial charge >= 0.3 is 6.01 Å². The molecule has 1 aliphatic rings. The SMILES string of the molecule is COc1ncc(Cl)c(NCCOC2CCC(N)CC2)n1. The van der Waals surface area contributed by atoms with Gasteiger partial charge in [-0.25, -0.2) is 4.98 Å². The first-order valence-corrected chi connectivity index (χ1v) is 7.24. The highest BCUT2D eigenvalue weighted by Gasteiger charge is 2.18. The summed E-state index contributed by atoms with van der Waals surface area (Å²) < 4.78 is 10.8. The Morgan fingerprint density at radius 2 is 2.15 bits per heavy atom. The van der Waals surface area contributed by atoms with E-state index >= 15 is 0 Å². The van der Waals surface area contributed by atoms with Crippen LogP contribution in [0.15, 0.2) is 6.20 Å². The minimum Gasteiger partial charge on any atom is -0.467 e. The van der Waals surface area contributed by atoms with Crippen LogP contribution in [-0.4, -0.2) is 42.4 Å². The van der Waals surface area contributed by atoms with Crippen molar-refractivity contribution >= 4 is 17.4 Å². The van der Waals surface area contributed by atoms with Gasteiger partial charge in [0.2, 0.25) is 0 Å². The lowest BCUT2D eigenvalue weighted by Crippen LogP contribution is -2.31. The molecule has 20 heavy (non-hydrogen) atoms. The highest BCUT2D eigenvalue weighted by molar-refractivity contribution is 6.32. The number of halogens is 1. The Morgan fingerprint density at radius 3 is 2.85 bits per heavy atom. The molecule has 112 valence electrons. The average molecular weight is 301 g/mol. The van der Waals surface area contributed by atoms with Crippen LogP contribution in [0.3, 0.4) is 0 Å². The molecule has 0 atom stereocenters. The molecule has 0 saturated heterocycles. The van der Waals surface area contributed by atoms with Gasteiger partial charge in [-0.15, -0.1) is 0 Å². The molecule has 2 rings (SSSR count). The van der Waals surface area contributed by atoms with Crippen molar-refractivity contribution < 1.29 is 9.47 Å². The highest BCUT2D eigenvalue weighted by atomic mass is 35.5. The predicted molar refractivity (Wildman–Crippen MR) is 78.3 cm³/mol. The van der Waals surface area contributed by atoms with Crippen LogP contribution < -0.4 is 15.8 Å². The second kappa shape index (κ2) is 7.61. The molecule has 1 aromatic rings. The maximum Gasteiger partial charge on any atom is 0.318 e. The van der Waals surface area contributed by atoms with Gasteiger partial charge in [-0.05, 0) is 25.7 Å². The number of hydrogen-bond donors (Lipinski definition) is 2. The minimum atomic E-state index is 0.291. The van der Waals surface area contributed by atoms with Gasteiger partial charge < -0.3 is 20.5 Å². The zero-order valence-corrected chi connectivity index (χ0v) is 12.4. The molecule has 1 aliphatic carbocycles. The summed E-state index contributed by atoms with van der Waals surface area (Å²) in [5, 5.41) is 3.59. The largest absolute Gasteiger partial charge is 0.467 e. The van der Waals surface area contributed by atoms with Crippen LogP contribution in [0.4, 0.5) is 5.82 Å². The van der Waals surface area contributed by atoms with Crippen LogP contribution in [0.25, 0.3) is 0 Å². The van der Waals surface area contributed by atoms with Gasteiger partial charge in [-0.2, -0.15) is 4.98 Å². The fraction of sp³-hybridized carbons (Fsp3) is 0.692. The fourth-order valence-electron chi connectivity index (χ4n) is 2.22. The molecule has 1 aromatic heterocycles. The standard InChI is InChI=1S/C13H21ClN4O2/c1-19-13-17-8-11(14)12(18-13)16-6-7-20-10-4-2-9(15)3-5-10/h8-10H,2-7,15H2,1H3,(H,16,17,18). The van der Waals surface area contributed by atoms with E-state index in [1.54, 1.807) is 0 Å². The van der Waals surface area contributed by atoms with Crippen molar-refractivity contribution in [2.75, 3.05) is 25.6 Å².